The first-order chi connectivity index (χ1) is 44.0. The highest BCUT2D eigenvalue weighted by atomic mass is 35.5. The summed E-state index contributed by atoms with van der Waals surface area (Å²) in [5, 5.41) is 41.3. The number of nitrogens with zero attached hydrogens (tertiary/aromatic N) is 13. The Morgan fingerprint density at radius 2 is 0.731 bits per heavy atom. The van der Waals surface area contributed by atoms with Crippen molar-refractivity contribution in [1.82, 2.24) is 59.8 Å². The highest BCUT2D eigenvalue weighted by molar-refractivity contribution is 7.14. The van der Waals surface area contributed by atoms with E-state index >= 15 is 0 Å². The molecule has 0 saturated heterocycles. The minimum atomic E-state index is -2.62. The Labute approximate surface area is 550 Å². The normalized spacial score (nSPS) is 17.8. The summed E-state index contributed by atoms with van der Waals surface area (Å²) >= 11 is 11.7. The van der Waals surface area contributed by atoms with Gasteiger partial charge in [0, 0.05) is 145 Å². The lowest BCUT2D eigenvalue weighted by Crippen LogP contribution is -2.32. The van der Waals surface area contributed by atoms with Crippen molar-refractivity contribution in [1.29, 1.82) is 5.26 Å². The molecular formula is C60H64ClF8N17O3S4. The third-order valence-corrected chi connectivity index (χ3v) is 19.2. The standard InChI is InChI=1S/C16H18F2N4OS.C15H15F2N5S.C15H16F2N4O2S.C14H15ClF2N4S/c1-9-8-24-14(19-9)13-7-12(10(2)23)21-15(22-13)20-11-3-5-16(17,18)6-4-11;1-9-8-23-13(19-9)12-6-11(7-18)21-14(22-12)20-10-2-4-15(16,17)5-3-10;1-8-7-24-12(18-8)10-6-11(13(22)23)21-14(20-10)19-9-2-4-15(16,17)5-3-9;1-8-7-22-12(18-8)10-6-11(15)21-13(20-10)19-9-2-4-14(16,17)5-3-9/h7-8,11H,3-6H2,1-2H3,(H,20,21,22);6,8,10H,2-5H2,1H3,(H,20,21,22);6-7,9H,2-5H2,1H3,(H,22,23)(H,19,20,21);6-7,9H,2-5H2,1H3,(H,19,20,21). The summed E-state index contributed by atoms with van der Waals surface area (Å²) < 4.78 is 106. The molecule has 8 heterocycles. The van der Waals surface area contributed by atoms with Gasteiger partial charge in [0.2, 0.25) is 47.5 Å². The minimum Gasteiger partial charge on any atom is -0.477 e. The molecule has 4 saturated carbocycles. The molecule has 4 aliphatic rings. The number of anilines is 4. The molecule has 5 N–H and O–H groups in total. The number of aromatic carboxylic acids is 1. The van der Waals surface area contributed by atoms with E-state index in [0.717, 1.165) is 27.8 Å². The van der Waals surface area contributed by atoms with Crippen molar-refractivity contribution >= 4 is 92.5 Å². The van der Waals surface area contributed by atoms with Gasteiger partial charge >= 0.3 is 5.97 Å². The van der Waals surface area contributed by atoms with E-state index in [-0.39, 0.29) is 104 Å². The lowest BCUT2D eigenvalue weighted by atomic mass is 9.92. The van der Waals surface area contributed by atoms with Crippen molar-refractivity contribution in [2.45, 2.75) is 185 Å². The number of Topliss-reactive ketones (excluding diaryl/α,β-unsaturated/α-hetero) is 1. The van der Waals surface area contributed by atoms with E-state index in [1.165, 1.54) is 58.3 Å². The molecule has 0 amide bonds. The molecule has 0 atom stereocenters. The number of hydrogen-bond donors (Lipinski definition) is 5. The van der Waals surface area contributed by atoms with Crippen LogP contribution in [0.15, 0.2) is 45.8 Å². The minimum absolute atomic E-state index is 0.0519. The predicted octanol–water partition coefficient (Wildman–Crippen LogP) is 16.0. The second kappa shape index (κ2) is 30.2. The molecule has 4 fully saturated rings. The molecule has 0 aromatic carbocycles. The van der Waals surface area contributed by atoms with Gasteiger partial charge in [-0.1, -0.05) is 11.6 Å². The maximum Gasteiger partial charge on any atom is 0.354 e. The molecular weight excluding hydrogens is 1320 g/mol. The number of hydrogen-bond acceptors (Lipinski definition) is 23. The third-order valence-electron chi connectivity index (χ3n) is 15.1. The molecule has 0 unspecified atom stereocenters. The Kier molecular flexibility index (Phi) is 22.7. The second-order valence-electron chi connectivity index (χ2n) is 23.0. The maximum absolute atomic E-state index is 13.3. The van der Waals surface area contributed by atoms with E-state index in [4.69, 9.17) is 16.9 Å². The number of carbonyl (C=O) groups is 2. The van der Waals surface area contributed by atoms with Crippen molar-refractivity contribution in [3.05, 3.63) is 90.8 Å². The van der Waals surface area contributed by atoms with Crippen LogP contribution < -0.4 is 21.3 Å². The molecule has 0 spiro atoms. The number of aromatic nitrogens is 12. The average molecular weight is 1390 g/mol. The molecule has 12 rings (SSSR count). The van der Waals surface area contributed by atoms with E-state index in [1.54, 1.807) is 18.2 Å². The van der Waals surface area contributed by atoms with Crippen LogP contribution in [0.4, 0.5) is 58.9 Å². The summed E-state index contributed by atoms with van der Waals surface area (Å²) in [6, 6.07) is 7.75. The molecule has 4 aliphatic carbocycles. The molecule has 0 radical (unpaired) electrons. The van der Waals surface area contributed by atoms with E-state index in [2.05, 4.69) is 81.1 Å². The highest BCUT2D eigenvalue weighted by Crippen LogP contribution is 2.39. The number of carboxylic acid groups (broad SMARTS) is 1. The number of alkyl halides is 8. The topological polar surface area (TPSA) is 281 Å². The number of thiazole rings is 4. The zero-order valence-corrected chi connectivity index (χ0v) is 54.9. The SMILES string of the molecule is CC(=O)c1cc(-c2nc(C)cs2)nc(NC2CCC(F)(F)CC2)n1.Cc1csc(-c2cc(C#N)nc(NC3CCC(F)(F)CC3)n2)n1.Cc1csc(-c2cc(C(=O)O)nc(NC3CCC(F)(F)CC3)n2)n1.Cc1csc(-c2cc(Cl)nc(NC3CCC(F)(F)CC3)n2)n1. The Bertz CT molecular complexity index is 3790. The molecule has 93 heavy (non-hydrogen) atoms. The van der Waals surface area contributed by atoms with Gasteiger partial charge in [-0.3, -0.25) is 4.79 Å². The third kappa shape index (κ3) is 20.7. The van der Waals surface area contributed by atoms with Gasteiger partial charge in [0.1, 0.15) is 65.4 Å². The number of nitrogens with one attached hydrogen (secondary N) is 4. The smallest absolute Gasteiger partial charge is 0.354 e. The molecule has 0 bridgehead atoms. The van der Waals surface area contributed by atoms with Crippen molar-refractivity contribution in [2.75, 3.05) is 21.3 Å². The molecule has 494 valence electrons. The highest BCUT2D eigenvalue weighted by Gasteiger charge is 2.38. The summed E-state index contributed by atoms with van der Waals surface area (Å²) in [5.74, 6) is -10.6. The summed E-state index contributed by atoms with van der Waals surface area (Å²) in [5.41, 5.74) is 6.03. The Morgan fingerprint density at radius 3 is 1.02 bits per heavy atom. The zero-order chi connectivity index (χ0) is 66.8. The summed E-state index contributed by atoms with van der Waals surface area (Å²) in [4.78, 5) is 74.3. The lowest BCUT2D eigenvalue weighted by molar-refractivity contribution is -0.0366. The number of carboxylic acids is 1. The maximum atomic E-state index is 13.3. The average Bonchev–Trinajstić information content (AvgIpc) is 2.25. The second-order valence-corrected chi connectivity index (χ2v) is 26.9. The predicted molar refractivity (Wildman–Crippen MR) is 341 cm³/mol. The van der Waals surface area contributed by atoms with Gasteiger partial charge in [-0.25, -0.2) is 99.7 Å². The van der Waals surface area contributed by atoms with Gasteiger partial charge in [0.15, 0.2) is 11.5 Å². The molecule has 33 heteroatoms. The van der Waals surface area contributed by atoms with Crippen LogP contribution in [0, 0.1) is 39.0 Å². The summed E-state index contributed by atoms with van der Waals surface area (Å²) in [7, 11) is 0. The zero-order valence-electron chi connectivity index (χ0n) is 50.9. The number of halogens is 9. The lowest BCUT2D eigenvalue weighted by Gasteiger charge is -2.28. The van der Waals surface area contributed by atoms with Gasteiger partial charge in [-0.05, 0) is 85.1 Å². The van der Waals surface area contributed by atoms with Gasteiger partial charge in [-0.15, -0.1) is 45.3 Å². The van der Waals surface area contributed by atoms with Crippen LogP contribution in [0.25, 0.3) is 42.8 Å². The molecule has 8 aromatic rings. The van der Waals surface area contributed by atoms with E-state index in [0.29, 0.717) is 112 Å². The van der Waals surface area contributed by atoms with Crippen LogP contribution in [0.1, 0.15) is 159 Å². The van der Waals surface area contributed by atoms with Crippen molar-refractivity contribution in [3.63, 3.8) is 0 Å². The van der Waals surface area contributed by atoms with Gasteiger partial charge in [0.25, 0.3) is 0 Å². The summed E-state index contributed by atoms with van der Waals surface area (Å²) in [6.45, 7) is 8.94. The number of rotatable bonds is 14. The number of aryl methyl sites for hydroxylation is 4. The first-order valence-electron chi connectivity index (χ1n) is 29.6. The number of nitriles is 1. The fourth-order valence-corrected chi connectivity index (χ4v) is 13.4. The van der Waals surface area contributed by atoms with Crippen molar-refractivity contribution < 1.29 is 49.8 Å². The molecule has 0 aliphatic heterocycles. The van der Waals surface area contributed by atoms with Crippen molar-refractivity contribution in [3.8, 4) is 48.9 Å². The van der Waals surface area contributed by atoms with Crippen LogP contribution >= 0.6 is 56.9 Å². The van der Waals surface area contributed by atoms with Gasteiger partial charge in [0.05, 0.1) is 0 Å². The van der Waals surface area contributed by atoms with Gasteiger partial charge < -0.3 is 26.4 Å². The molecule has 20 nitrogen and oxygen atoms in total. The monoisotopic (exact) mass is 1390 g/mol. The van der Waals surface area contributed by atoms with Crippen LogP contribution in [0.5, 0.6) is 0 Å². The fraction of sp³-hybridized carbons (Fsp3) is 0.483. The van der Waals surface area contributed by atoms with Crippen LogP contribution in [-0.2, 0) is 0 Å². The Hall–Kier alpha value is -7.60. The van der Waals surface area contributed by atoms with Crippen LogP contribution in [0.2, 0.25) is 5.15 Å². The Morgan fingerprint density at radius 1 is 0.452 bits per heavy atom. The van der Waals surface area contributed by atoms with Crippen LogP contribution in [0.3, 0.4) is 0 Å². The van der Waals surface area contributed by atoms with E-state index in [1.807, 2.05) is 55.3 Å². The largest absolute Gasteiger partial charge is 0.477 e. The van der Waals surface area contributed by atoms with Crippen molar-refractivity contribution in [2.24, 2.45) is 0 Å². The summed E-state index contributed by atoms with van der Waals surface area (Å²) in [6.07, 6.45) is 1.64. The number of carbonyl (C=O) groups excluding carboxylic acids is 1. The first kappa shape index (κ1) is 69.7. The Balaban J connectivity index is 0.000000146. The van der Waals surface area contributed by atoms with E-state index in [9.17, 15) is 49.8 Å². The fourth-order valence-electron chi connectivity index (χ4n) is 10.2. The quantitative estimate of drug-likeness (QED) is 0.0384. The first-order valence-corrected chi connectivity index (χ1v) is 33.5. The van der Waals surface area contributed by atoms with E-state index < -0.39 is 29.7 Å². The number of ketones is 1. The van der Waals surface area contributed by atoms with Crippen LogP contribution in [-0.4, -0.2) is 125 Å². The van der Waals surface area contributed by atoms with Gasteiger partial charge in [-0.2, -0.15) is 5.26 Å². The molecule has 8 aromatic heterocycles.